The van der Waals surface area contributed by atoms with E-state index in [1.807, 2.05) is 17.5 Å². The number of benzene rings is 1. The molecule has 2 aromatic rings. The SMILES string of the molecule is COc1ccc(C(C)NC(=O)N2CCN(C(=O)c3cccs3)CC2)cc1F. The summed E-state index contributed by atoms with van der Waals surface area (Å²) in [5.74, 6) is -0.284. The van der Waals surface area contributed by atoms with Gasteiger partial charge in [0, 0.05) is 26.2 Å². The number of piperazine rings is 1. The highest BCUT2D eigenvalue weighted by Crippen LogP contribution is 2.22. The highest BCUT2D eigenvalue weighted by atomic mass is 32.1. The number of ether oxygens (including phenoxy) is 1. The molecule has 3 amide bonds. The number of hydrogen-bond donors (Lipinski definition) is 1. The Balaban J connectivity index is 1.53. The van der Waals surface area contributed by atoms with Crippen LogP contribution in [0.3, 0.4) is 0 Å². The molecule has 144 valence electrons. The maximum atomic E-state index is 13.9. The summed E-state index contributed by atoms with van der Waals surface area (Å²) in [6.45, 7) is 3.72. The fraction of sp³-hybridized carbons (Fsp3) is 0.368. The van der Waals surface area contributed by atoms with E-state index in [0.29, 0.717) is 36.6 Å². The molecule has 1 unspecified atom stereocenters. The lowest BCUT2D eigenvalue weighted by atomic mass is 10.1. The summed E-state index contributed by atoms with van der Waals surface area (Å²) < 4.78 is 18.8. The van der Waals surface area contributed by atoms with Crippen LogP contribution in [0.5, 0.6) is 5.75 Å². The average molecular weight is 391 g/mol. The number of amides is 3. The van der Waals surface area contributed by atoms with E-state index in [0.717, 1.165) is 0 Å². The molecule has 1 fully saturated rings. The number of halogens is 1. The standard InChI is InChI=1S/C19H22FN3O3S/c1-13(14-5-6-16(26-2)15(20)12-14)21-19(25)23-9-7-22(8-10-23)18(24)17-4-3-11-27-17/h3-6,11-13H,7-10H2,1-2H3,(H,21,25). The molecule has 1 saturated heterocycles. The first-order valence-corrected chi connectivity index (χ1v) is 9.59. The van der Waals surface area contributed by atoms with Crippen LogP contribution in [0.2, 0.25) is 0 Å². The van der Waals surface area contributed by atoms with E-state index in [1.165, 1.54) is 24.5 Å². The van der Waals surface area contributed by atoms with Crippen LogP contribution in [0.4, 0.5) is 9.18 Å². The smallest absolute Gasteiger partial charge is 0.317 e. The molecule has 1 atom stereocenters. The Kier molecular flexibility index (Phi) is 5.95. The van der Waals surface area contributed by atoms with Crippen LogP contribution in [-0.2, 0) is 0 Å². The molecule has 3 rings (SSSR count). The molecule has 1 aromatic carbocycles. The summed E-state index contributed by atoms with van der Waals surface area (Å²) in [4.78, 5) is 29.0. The minimum atomic E-state index is -0.461. The third-order valence-corrected chi connectivity index (χ3v) is 5.46. The van der Waals surface area contributed by atoms with E-state index < -0.39 is 5.82 Å². The Labute approximate surface area is 161 Å². The van der Waals surface area contributed by atoms with Crippen molar-refractivity contribution in [3.05, 3.63) is 52.0 Å². The van der Waals surface area contributed by atoms with Crippen LogP contribution in [0.1, 0.15) is 28.2 Å². The van der Waals surface area contributed by atoms with Gasteiger partial charge in [-0.3, -0.25) is 4.79 Å². The molecule has 1 N–H and O–H groups in total. The van der Waals surface area contributed by atoms with Crippen molar-refractivity contribution in [2.75, 3.05) is 33.3 Å². The second-order valence-corrected chi connectivity index (χ2v) is 7.27. The van der Waals surface area contributed by atoms with Gasteiger partial charge in [0.2, 0.25) is 0 Å². The van der Waals surface area contributed by atoms with Crippen LogP contribution in [0.15, 0.2) is 35.7 Å². The highest BCUT2D eigenvalue weighted by molar-refractivity contribution is 7.12. The molecule has 0 bridgehead atoms. The van der Waals surface area contributed by atoms with Gasteiger partial charge in [0.25, 0.3) is 5.91 Å². The number of carbonyl (C=O) groups is 2. The minimum absolute atomic E-state index is 0.00661. The Bertz CT molecular complexity index is 805. The largest absolute Gasteiger partial charge is 0.494 e. The average Bonchev–Trinajstić information content (AvgIpc) is 3.22. The number of methoxy groups -OCH3 is 1. The molecule has 0 spiro atoms. The Morgan fingerprint density at radius 2 is 1.89 bits per heavy atom. The Morgan fingerprint density at radius 1 is 1.19 bits per heavy atom. The zero-order chi connectivity index (χ0) is 19.4. The van der Waals surface area contributed by atoms with E-state index in [4.69, 9.17) is 4.74 Å². The second kappa shape index (κ2) is 8.39. The molecular weight excluding hydrogens is 369 g/mol. The van der Waals surface area contributed by atoms with Crippen LogP contribution in [0.25, 0.3) is 0 Å². The van der Waals surface area contributed by atoms with Gasteiger partial charge in [-0.05, 0) is 36.1 Å². The van der Waals surface area contributed by atoms with Gasteiger partial charge in [0.15, 0.2) is 11.6 Å². The van der Waals surface area contributed by atoms with Crippen molar-refractivity contribution in [3.63, 3.8) is 0 Å². The fourth-order valence-corrected chi connectivity index (χ4v) is 3.67. The summed E-state index contributed by atoms with van der Waals surface area (Å²) in [6.07, 6.45) is 0. The number of hydrogen-bond acceptors (Lipinski definition) is 4. The maximum Gasteiger partial charge on any atom is 0.317 e. The molecule has 1 aliphatic heterocycles. The summed E-state index contributed by atoms with van der Waals surface area (Å²) in [6, 6.07) is 7.73. The number of rotatable bonds is 4. The van der Waals surface area contributed by atoms with Gasteiger partial charge < -0.3 is 19.9 Å². The summed E-state index contributed by atoms with van der Waals surface area (Å²) in [5, 5.41) is 4.76. The van der Waals surface area contributed by atoms with Crippen molar-refractivity contribution < 1.29 is 18.7 Å². The molecular formula is C19H22FN3O3S. The van der Waals surface area contributed by atoms with Crippen molar-refractivity contribution in [1.29, 1.82) is 0 Å². The molecule has 2 heterocycles. The van der Waals surface area contributed by atoms with Gasteiger partial charge in [-0.1, -0.05) is 12.1 Å². The number of nitrogens with one attached hydrogen (secondary N) is 1. The van der Waals surface area contributed by atoms with Gasteiger partial charge in [-0.15, -0.1) is 11.3 Å². The zero-order valence-electron chi connectivity index (χ0n) is 15.3. The third kappa shape index (κ3) is 4.39. The first kappa shape index (κ1) is 19.2. The minimum Gasteiger partial charge on any atom is -0.494 e. The summed E-state index contributed by atoms with van der Waals surface area (Å²) in [5.41, 5.74) is 0.660. The molecule has 27 heavy (non-hydrogen) atoms. The molecule has 0 aliphatic carbocycles. The molecule has 0 saturated carbocycles. The van der Waals surface area contributed by atoms with Gasteiger partial charge in [-0.2, -0.15) is 0 Å². The zero-order valence-corrected chi connectivity index (χ0v) is 16.1. The van der Waals surface area contributed by atoms with E-state index in [-0.39, 0.29) is 23.7 Å². The predicted octanol–water partition coefficient (Wildman–Crippen LogP) is 3.12. The topological polar surface area (TPSA) is 61.9 Å². The van der Waals surface area contributed by atoms with Crippen LogP contribution >= 0.6 is 11.3 Å². The summed E-state index contributed by atoms with van der Waals surface area (Å²) in [7, 11) is 1.41. The normalized spacial score (nSPS) is 15.4. The van der Waals surface area contributed by atoms with Gasteiger partial charge in [0.05, 0.1) is 18.0 Å². The second-order valence-electron chi connectivity index (χ2n) is 6.32. The molecule has 1 aromatic heterocycles. The van der Waals surface area contributed by atoms with E-state index in [1.54, 1.807) is 28.9 Å². The van der Waals surface area contributed by atoms with Gasteiger partial charge >= 0.3 is 6.03 Å². The quantitative estimate of drug-likeness (QED) is 0.871. The third-order valence-electron chi connectivity index (χ3n) is 4.60. The Hall–Kier alpha value is -2.61. The monoisotopic (exact) mass is 391 g/mol. The predicted molar refractivity (Wildman–Crippen MR) is 102 cm³/mol. The fourth-order valence-electron chi connectivity index (χ4n) is 2.98. The number of nitrogens with zero attached hydrogens (tertiary/aromatic N) is 2. The van der Waals surface area contributed by atoms with E-state index in [9.17, 15) is 14.0 Å². The molecule has 6 nitrogen and oxygen atoms in total. The van der Waals surface area contributed by atoms with E-state index in [2.05, 4.69) is 5.32 Å². The molecule has 0 radical (unpaired) electrons. The Morgan fingerprint density at radius 3 is 2.48 bits per heavy atom. The van der Waals surface area contributed by atoms with Crippen molar-refractivity contribution in [1.82, 2.24) is 15.1 Å². The summed E-state index contributed by atoms with van der Waals surface area (Å²) >= 11 is 1.42. The number of carbonyl (C=O) groups excluding carboxylic acids is 2. The van der Waals surface area contributed by atoms with Crippen LogP contribution < -0.4 is 10.1 Å². The maximum absolute atomic E-state index is 13.9. The molecule has 8 heteroatoms. The first-order chi connectivity index (χ1) is 13.0. The molecule has 1 aliphatic rings. The van der Waals surface area contributed by atoms with Crippen LogP contribution in [-0.4, -0.2) is 55.0 Å². The van der Waals surface area contributed by atoms with Gasteiger partial charge in [-0.25, -0.2) is 9.18 Å². The lowest BCUT2D eigenvalue weighted by Gasteiger charge is -2.35. The van der Waals surface area contributed by atoms with Crippen molar-refractivity contribution in [3.8, 4) is 5.75 Å². The van der Waals surface area contributed by atoms with Crippen molar-refractivity contribution in [2.24, 2.45) is 0 Å². The lowest BCUT2D eigenvalue weighted by Crippen LogP contribution is -2.53. The van der Waals surface area contributed by atoms with Crippen molar-refractivity contribution in [2.45, 2.75) is 13.0 Å². The first-order valence-electron chi connectivity index (χ1n) is 8.71. The van der Waals surface area contributed by atoms with E-state index >= 15 is 0 Å². The van der Waals surface area contributed by atoms with Crippen LogP contribution in [0, 0.1) is 5.82 Å². The number of thiophene rings is 1. The lowest BCUT2D eigenvalue weighted by molar-refractivity contribution is 0.0668. The van der Waals surface area contributed by atoms with Crippen molar-refractivity contribution >= 4 is 23.3 Å². The number of urea groups is 1. The highest BCUT2D eigenvalue weighted by Gasteiger charge is 2.26. The van der Waals surface area contributed by atoms with Gasteiger partial charge in [0.1, 0.15) is 0 Å².